The molecule has 0 aromatic carbocycles. The van der Waals surface area contributed by atoms with E-state index in [0.29, 0.717) is 5.82 Å². The van der Waals surface area contributed by atoms with E-state index >= 15 is 0 Å². The second-order valence-electron chi connectivity index (χ2n) is 3.79. The summed E-state index contributed by atoms with van der Waals surface area (Å²) in [6.07, 6.45) is 4.46. The molecule has 15 heavy (non-hydrogen) atoms. The summed E-state index contributed by atoms with van der Waals surface area (Å²) in [5.74, 6) is 0.603. The van der Waals surface area contributed by atoms with Gasteiger partial charge in [0.1, 0.15) is 5.82 Å². The Morgan fingerprint density at radius 2 is 2.20 bits per heavy atom. The monoisotopic (exact) mass is 210 g/mol. The molecule has 0 bridgehead atoms. The van der Waals surface area contributed by atoms with E-state index in [4.69, 9.17) is 5.73 Å². The predicted molar refractivity (Wildman–Crippen MR) is 63.7 cm³/mol. The van der Waals surface area contributed by atoms with Gasteiger partial charge in [0, 0.05) is 12.7 Å². The fraction of sp³-hybridized carbons (Fsp3) is 0.727. The van der Waals surface area contributed by atoms with Gasteiger partial charge in [-0.2, -0.15) is 5.10 Å². The Morgan fingerprint density at radius 1 is 1.40 bits per heavy atom. The maximum absolute atomic E-state index is 5.55. The van der Waals surface area contributed by atoms with Crippen LogP contribution >= 0.6 is 0 Å². The first-order chi connectivity index (χ1) is 7.26. The molecule has 4 heteroatoms. The minimum absolute atomic E-state index is 0.603. The number of hydrogen-bond donors (Lipinski definition) is 1. The number of aromatic nitrogens is 2. The fourth-order valence-corrected chi connectivity index (χ4v) is 1.56. The van der Waals surface area contributed by atoms with Crippen molar-refractivity contribution in [3.63, 3.8) is 0 Å². The lowest BCUT2D eigenvalue weighted by Crippen LogP contribution is -2.28. The third-order valence-electron chi connectivity index (χ3n) is 2.58. The molecular weight excluding hydrogens is 188 g/mol. The lowest BCUT2D eigenvalue weighted by Gasteiger charge is -2.19. The zero-order valence-electron chi connectivity index (χ0n) is 9.82. The molecule has 4 nitrogen and oxygen atoms in total. The second-order valence-corrected chi connectivity index (χ2v) is 3.79. The minimum atomic E-state index is 0.603. The van der Waals surface area contributed by atoms with E-state index in [-0.39, 0.29) is 0 Å². The molecule has 0 amide bonds. The van der Waals surface area contributed by atoms with Crippen molar-refractivity contribution in [2.75, 3.05) is 25.4 Å². The van der Waals surface area contributed by atoms with Crippen molar-refractivity contribution in [3.8, 4) is 0 Å². The van der Waals surface area contributed by atoms with Crippen molar-refractivity contribution >= 4 is 5.82 Å². The number of rotatable bonds is 7. The molecule has 0 saturated carbocycles. The molecule has 0 unspecified atom stereocenters. The van der Waals surface area contributed by atoms with Crippen molar-refractivity contribution in [1.82, 2.24) is 14.7 Å². The summed E-state index contributed by atoms with van der Waals surface area (Å²) in [5, 5.41) is 4.16. The van der Waals surface area contributed by atoms with Crippen molar-refractivity contribution in [2.24, 2.45) is 0 Å². The molecule has 0 spiro atoms. The molecule has 1 aromatic heterocycles. The zero-order chi connectivity index (χ0) is 11.1. The lowest BCUT2D eigenvalue weighted by molar-refractivity contribution is 0.267. The summed E-state index contributed by atoms with van der Waals surface area (Å²) in [7, 11) is 0. The first-order valence-electron chi connectivity index (χ1n) is 5.77. The van der Waals surface area contributed by atoms with E-state index in [1.807, 2.05) is 16.9 Å². The van der Waals surface area contributed by atoms with Crippen LogP contribution in [0.4, 0.5) is 5.82 Å². The highest BCUT2D eigenvalue weighted by atomic mass is 15.3. The van der Waals surface area contributed by atoms with Gasteiger partial charge in [0.25, 0.3) is 0 Å². The third-order valence-corrected chi connectivity index (χ3v) is 2.58. The molecule has 2 N–H and O–H groups in total. The summed E-state index contributed by atoms with van der Waals surface area (Å²) in [6, 6.07) is 1.84. The maximum atomic E-state index is 5.55. The molecular formula is C11H22N4. The molecule has 0 aliphatic heterocycles. The Morgan fingerprint density at radius 3 is 2.73 bits per heavy atom. The van der Waals surface area contributed by atoms with Crippen molar-refractivity contribution in [2.45, 2.75) is 33.2 Å². The van der Waals surface area contributed by atoms with Gasteiger partial charge < -0.3 is 10.6 Å². The van der Waals surface area contributed by atoms with E-state index in [1.165, 1.54) is 19.4 Å². The highest BCUT2D eigenvalue weighted by Gasteiger charge is 2.02. The summed E-state index contributed by atoms with van der Waals surface area (Å²) in [6.45, 7) is 8.70. The molecule has 0 atom stereocenters. The number of hydrogen-bond acceptors (Lipinski definition) is 3. The van der Waals surface area contributed by atoms with E-state index in [9.17, 15) is 0 Å². The van der Waals surface area contributed by atoms with Gasteiger partial charge in [-0.1, -0.05) is 20.3 Å². The second kappa shape index (κ2) is 6.45. The highest BCUT2D eigenvalue weighted by Crippen LogP contribution is 1.98. The number of unbranched alkanes of at least 4 members (excludes halogenated alkanes) is 1. The van der Waals surface area contributed by atoms with Crippen LogP contribution in [-0.4, -0.2) is 34.3 Å². The SMILES string of the molecule is CCCCN(CC)CCn1ccc(N)n1. The van der Waals surface area contributed by atoms with Crippen LogP contribution in [0.2, 0.25) is 0 Å². The number of nitrogens with zero attached hydrogens (tertiary/aromatic N) is 3. The topological polar surface area (TPSA) is 47.1 Å². The predicted octanol–water partition coefficient (Wildman–Crippen LogP) is 1.59. The van der Waals surface area contributed by atoms with Crippen molar-refractivity contribution in [1.29, 1.82) is 0 Å². The quantitative estimate of drug-likeness (QED) is 0.743. The van der Waals surface area contributed by atoms with Gasteiger partial charge in [0.05, 0.1) is 6.54 Å². The van der Waals surface area contributed by atoms with Gasteiger partial charge >= 0.3 is 0 Å². The normalized spacial score (nSPS) is 11.1. The Balaban J connectivity index is 2.27. The van der Waals surface area contributed by atoms with Crippen LogP contribution in [-0.2, 0) is 6.54 Å². The first-order valence-corrected chi connectivity index (χ1v) is 5.77. The molecule has 1 aromatic rings. The van der Waals surface area contributed by atoms with Crippen LogP contribution in [0.25, 0.3) is 0 Å². The molecule has 0 saturated heterocycles. The van der Waals surface area contributed by atoms with Crippen LogP contribution in [0.3, 0.4) is 0 Å². The summed E-state index contributed by atoms with van der Waals surface area (Å²) >= 11 is 0. The summed E-state index contributed by atoms with van der Waals surface area (Å²) in [5.41, 5.74) is 5.55. The van der Waals surface area contributed by atoms with Crippen molar-refractivity contribution in [3.05, 3.63) is 12.3 Å². The van der Waals surface area contributed by atoms with Crippen LogP contribution in [0.1, 0.15) is 26.7 Å². The Hall–Kier alpha value is -1.03. The van der Waals surface area contributed by atoms with Gasteiger partial charge in [-0.15, -0.1) is 0 Å². The zero-order valence-corrected chi connectivity index (χ0v) is 9.82. The van der Waals surface area contributed by atoms with Gasteiger partial charge in [-0.3, -0.25) is 4.68 Å². The summed E-state index contributed by atoms with van der Waals surface area (Å²) < 4.78 is 1.91. The average molecular weight is 210 g/mol. The van der Waals surface area contributed by atoms with Crippen LogP contribution < -0.4 is 5.73 Å². The van der Waals surface area contributed by atoms with E-state index < -0.39 is 0 Å². The molecule has 0 aliphatic rings. The number of nitrogens with two attached hydrogens (primary N) is 1. The standard InChI is InChI=1S/C11H22N4/c1-3-5-7-14(4-2)9-10-15-8-6-11(12)13-15/h6,8H,3-5,7,9-10H2,1-2H3,(H2,12,13). The van der Waals surface area contributed by atoms with Crippen LogP contribution in [0.5, 0.6) is 0 Å². The molecule has 86 valence electrons. The first kappa shape index (κ1) is 12.0. The Bertz CT molecular complexity index is 269. The maximum Gasteiger partial charge on any atom is 0.145 e. The van der Waals surface area contributed by atoms with Crippen LogP contribution in [0.15, 0.2) is 12.3 Å². The molecule has 0 radical (unpaired) electrons. The average Bonchev–Trinajstić information content (AvgIpc) is 2.65. The fourth-order valence-electron chi connectivity index (χ4n) is 1.56. The number of anilines is 1. The minimum Gasteiger partial charge on any atom is -0.382 e. The highest BCUT2D eigenvalue weighted by molar-refractivity contribution is 5.23. The molecule has 0 aliphatic carbocycles. The van der Waals surface area contributed by atoms with Gasteiger partial charge in [0.15, 0.2) is 0 Å². The van der Waals surface area contributed by atoms with Gasteiger partial charge in [-0.05, 0) is 25.6 Å². The van der Waals surface area contributed by atoms with Gasteiger partial charge in [0.2, 0.25) is 0 Å². The van der Waals surface area contributed by atoms with Crippen molar-refractivity contribution < 1.29 is 0 Å². The molecule has 1 heterocycles. The van der Waals surface area contributed by atoms with Crippen LogP contribution in [0, 0.1) is 0 Å². The van der Waals surface area contributed by atoms with Gasteiger partial charge in [-0.25, -0.2) is 0 Å². The smallest absolute Gasteiger partial charge is 0.145 e. The van der Waals surface area contributed by atoms with E-state index in [2.05, 4.69) is 23.8 Å². The number of nitrogen functional groups attached to an aromatic ring is 1. The summed E-state index contributed by atoms with van der Waals surface area (Å²) in [4.78, 5) is 2.45. The molecule has 1 rings (SSSR count). The van der Waals surface area contributed by atoms with E-state index in [1.54, 1.807) is 0 Å². The number of likely N-dealkylation sites (N-methyl/N-ethyl adjacent to an activating group) is 1. The van der Waals surface area contributed by atoms with E-state index in [0.717, 1.165) is 19.6 Å². The lowest BCUT2D eigenvalue weighted by atomic mass is 10.3. The molecule has 0 fully saturated rings. The third kappa shape index (κ3) is 4.34. The largest absolute Gasteiger partial charge is 0.382 e. The Labute approximate surface area is 92.1 Å². The Kier molecular flexibility index (Phi) is 5.18.